The van der Waals surface area contributed by atoms with Gasteiger partial charge in [-0.2, -0.15) is 4.98 Å². The average molecular weight is 271 g/mol. The number of nitrogens with zero attached hydrogens (tertiary/aromatic N) is 2. The molecule has 0 bridgehead atoms. The molecule has 1 fully saturated rings. The van der Waals surface area contributed by atoms with Crippen molar-refractivity contribution in [2.24, 2.45) is 0 Å². The average Bonchev–Trinajstić information content (AvgIpc) is 3.00. The van der Waals surface area contributed by atoms with Gasteiger partial charge >= 0.3 is 0 Å². The molecule has 1 N–H and O–H groups in total. The Morgan fingerprint density at radius 3 is 2.65 bits per heavy atom. The molecular weight excluding hydrogens is 250 g/mol. The fourth-order valence-electron chi connectivity index (χ4n) is 3.10. The van der Waals surface area contributed by atoms with Gasteiger partial charge in [0.15, 0.2) is 0 Å². The van der Waals surface area contributed by atoms with Crippen molar-refractivity contribution in [3.63, 3.8) is 0 Å². The van der Waals surface area contributed by atoms with Gasteiger partial charge in [0.05, 0.1) is 5.41 Å². The molecule has 1 saturated heterocycles. The molecule has 20 heavy (non-hydrogen) atoms. The molecule has 0 saturated carbocycles. The van der Waals surface area contributed by atoms with Crippen molar-refractivity contribution in [1.82, 2.24) is 15.5 Å². The summed E-state index contributed by atoms with van der Waals surface area (Å²) in [5, 5.41) is 7.60. The fraction of sp³-hybridized carbons (Fsp3) is 0.500. The Kier molecular flexibility index (Phi) is 3.83. The first-order valence-corrected chi connectivity index (χ1v) is 7.44. The highest BCUT2D eigenvalue weighted by atomic mass is 16.5. The van der Waals surface area contributed by atoms with Crippen LogP contribution in [0, 0.1) is 0 Å². The van der Waals surface area contributed by atoms with Crippen LogP contribution in [0.25, 0.3) is 11.4 Å². The third kappa shape index (κ3) is 2.48. The standard InChI is InChI=1S/C16H21N3O/c1-2-8-16(9-11-17-12-10-16)15-18-14(19-20-15)13-6-4-3-5-7-13/h3-7,17H,2,8-12H2,1H3. The molecule has 1 aromatic carbocycles. The van der Waals surface area contributed by atoms with E-state index >= 15 is 0 Å². The molecule has 0 spiro atoms. The van der Waals surface area contributed by atoms with Crippen LogP contribution in [0.2, 0.25) is 0 Å². The zero-order valence-corrected chi connectivity index (χ0v) is 11.9. The van der Waals surface area contributed by atoms with Crippen molar-refractivity contribution < 1.29 is 4.52 Å². The maximum Gasteiger partial charge on any atom is 0.233 e. The van der Waals surface area contributed by atoms with Crippen LogP contribution in [-0.2, 0) is 5.41 Å². The van der Waals surface area contributed by atoms with Crippen LogP contribution in [0.5, 0.6) is 0 Å². The van der Waals surface area contributed by atoms with Gasteiger partial charge in [-0.15, -0.1) is 0 Å². The summed E-state index contributed by atoms with van der Waals surface area (Å²) >= 11 is 0. The zero-order valence-electron chi connectivity index (χ0n) is 11.9. The second kappa shape index (κ2) is 5.75. The highest BCUT2D eigenvalue weighted by molar-refractivity contribution is 5.53. The first-order chi connectivity index (χ1) is 9.84. The molecule has 1 aliphatic heterocycles. The summed E-state index contributed by atoms with van der Waals surface area (Å²) in [6, 6.07) is 10.0. The quantitative estimate of drug-likeness (QED) is 0.928. The van der Waals surface area contributed by atoms with Gasteiger partial charge in [-0.25, -0.2) is 0 Å². The molecule has 0 amide bonds. The third-order valence-corrected chi connectivity index (χ3v) is 4.20. The molecule has 2 aromatic rings. The van der Waals surface area contributed by atoms with Crippen molar-refractivity contribution in [2.45, 2.75) is 38.0 Å². The smallest absolute Gasteiger partial charge is 0.233 e. The van der Waals surface area contributed by atoms with Gasteiger partial charge in [0.2, 0.25) is 11.7 Å². The summed E-state index contributed by atoms with van der Waals surface area (Å²) < 4.78 is 5.63. The minimum atomic E-state index is 0.0695. The first kappa shape index (κ1) is 13.3. The van der Waals surface area contributed by atoms with Crippen molar-refractivity contribution in [2.75, 3.05) is 13.1 Å². The van der Waals surface area contributed by atoms with Gasteiger partial charge in [0, 0.05) is 5.56 Å². The molecule has 2 heterocycles. The van der Waals surface area contributed by atoms with Crippen molar-refractivity contribution >= 4 is 0 Å². The van der Waals surface area contributed by atoms with E-state index in [1.807, 2.05) is 30.3 Å². The van der Waals surface area contributed by atoms with Crippen LogP contribution in [-0.4, -0.2) is 23.2 Å². The molecule has 3 rings (SSSR count). The Morgan fingerprint density at radius 2 is 1.95 bits per heavy atom. The largest absolute Gasteiger partial charge is 0.338 e. The molecule has 0 atom stereocenters. The van der Waals surface area contributed by atoms with Crippen LogP contribution >= 0.6 is 0 Å². The second-order valence-corrected chi connectivity index (χ2v) is 5.57. The van der Waals surface area contributed by atoms with E-state index in [0.717, 1.165) is 50.2 Å². The van der Waals surface area contributed by atoms with Gasteiger partial charge in [0.25, 0.3) is 0 Å². The number of aromatic nitrogens is 2. The van der Waals surface area contributed by atoms with Crippen molar-refractivity contribution in [3.05, 3.63) is 36.2 Å². The van der Waals surface area contributed by atoms with Crippen molar-refractivity contribution in [3.8, 4) is 11.4 Å². The monoisotopic (exact) mass is 271 g/mol. The highest BCUT2D eigenvalue weighted by Gasteiger charge is 2.38. The lowest BCUT2D eigenvalue weighted by Gasteiger charge is -2.34. The number of hydrogen-bond donors (Lipinski definition) is 1. The minimum absolute atomic E-state index is 0.0695. The van der Waals surface area contributed by atoms with Crippen LogP contribution in [0.1, 0.15) is 38.5 Å². The van der Waals surface area contributed by atoms with Gasteiger partial charge in [-0.1, -0.05) is 48.8 Å². The maximum atomic E-state index is 5.63. The molecule has 4 nitrogen and oxygen atoms in total. The van der Waals surface area contributed by atoms with Crippen molar-refractivity contribution in [1.29, 1.82) is 0 Å². The summed E-state index contributed by atoms with van der Waals surface area (Å²) in [6.45, 7) is 4.28. The summed E-state index contributed by atoms with van der Waals surface area (Å²) in [7, 11) is 0. The summed E-state index contributed by atoms with van der Waals surface area (Å²) in [4.78, 5) is 4.69. The van der Waals surface area contributed by atoms with E-state index in [2.05, 4.69) is 22.4 Å². The number of hydrogen-bond acceptors (Lipinski definition) is 4. The molecule has 4 heteroatoms. The molecule has 0 aliphatic carbocycles. The van der Waals surface area contributed by atoms with Crippen LogP contribution in [0.3, 0.4) is 0 Å². The summed E-state index contributed by atoms with van der Waals surface area (Å²) in [5.74, 6) is 1.52. The highest BCUT2D eigenvalue weighted by Crippen LogP contribution is 2.37. The second-order valence-electron chi connectivity index (χ2n) is 5.57. The molecule has 106 valence electrons. The molecule has 0 unspecified atom stereocenters. The van der Waals surface area contributed by atoms with E-state index < -0.39 is 0 Å². The van der Waals surface area contributed by atoms with E-state index in [4.69, 9.17) is 4.52 Å². The van der Waals surface area contributed by atoms with Gasteiger partial charge in [-0.3, -0.25) is 0 Å². The first-order valence-electron chi connectivity index (χ1n) is 7.44. The van der Waals surface area contributed by atoms with Crippen LogP contribution in [0.4, 0.5) is 0 Å². The topological polar surface area (TPSA) is 51.0 Å². The van der Waals surface area contributed by atoms with Gasteiger partial charge in [0.1, 0.15) is 0 Å². The Morgan fingerprint density at radius 1 is 1.20 bits per heavy atom. The predicted molar refractivity (Wildman–Crippen MR) is 78.4 cm³/mol. The lowest BCUT2D eigenvalue weighted by molar-refractivity contribution is 0.208. The lowest BCUT2D eigenvalue weighted by Crippen LogP contribution is -2.40. The predicted octanol–water partition coefficient (Wildman–Crippen LogP) is 3.16. The number of benzene rings is 1. The van der Waals surface area contributed by atoms with E-state index in [1.54, 1.807) is 0 Å². The lowest BCUT2D eigenvalue weighted by atomic mass is 9.75. The van der Waals surface area contributed by atoms with E-state index in [1.165, 1.54) is 0 Å². The normalized spacial score (nSPS) is 18.1. The Balaban J connectivity index is 1.91. The zero-order chi connectivity index (χ0) is 13.8. The van der Waals surface area contributed by atoms with E-state index in [9.17, 15) is 0 Å². The van der Waals surface area contributed by atoms with Gasteiger partial charge in [-0.05, 0) is 32.4 Å². The van der Waals surface area contributed by atoms with E-state index in [0.29, 0.717) is 5.82 Å². The Bertz CT molecular complexity index is 538. The van der Waals surface area contributed by atoms with Gasteiger partial charge < -0.3 is 9.84 Å². The molecule has 1 aliphatic rings. The molecule has 1 aromatic heterocycles. The molecule has 0 radical (unpaired) electrons. The van der Waals surface area contributed by atoms with Crippen LogP contribution in [0.15, 0.2) is 34.9 Å². The number of rotatable bonds is 4. The number of piperidine rings is 1. The maximum absolute atomic E-state index is 5.63. The molecular formula is C16H21N3O. The minimum Gasteiger partial charge on any atom is -0.338 e. The Hall–Kier alpha value is -1.68. The van der Waals surface area contributed by atoms with E-state index in [-0.39, 0.29) is 5.41 Å². The van der Waals surface area contributed by atoms with Crippen LogP contribution < -0.4 is 5.32 Å². The fourth-order valence-corrected chi connectivity index (χ4v) is 3.10. The summed E-state index contributed by atoms with van der Waals surface area (Å²) in [5.41, 5.74) is 1.09. The Labute approximate surface area is 119 Å². The third-order valence-electron chi connectivity index (χ3n) is 4.20. The summed E-state index contributed by atoms with van der Waals surface area (Å²) in [6.07, 6.45) is 4.42. The number of nitrogens with one attached hydrogen (secondary N) is 1. The SMILES string of the molecule is CCCC1(c2nc(-c3ccccc3)no2)CCNCC1.